The summed E-state index contributed by atoms with van der Waals surface area (Å²) in [5.74, 6) is -0.331. The maximum atomic E-state index is 12.3. The summed E-state index contributed by atoms with van der Waals surface area (Å²) in [5.41, 5.74) is -1.07. The summed E-state index contributed by atoms with van der Waals surface area (Å²) >= 11 is 0. The monoisotopic (exact) mass is 306 g/mol. The molecule has 0 radical (unpaired) electrons. The average Bonchev–Trinajstić information content (AvgIpc) is 2.34. The van der Waals surface area contributed by atoms with Gasteiger partial charge in [0.1, 0.15) is 0 Å². The number of rotatable bonds is 6. The fourth-order valence-corrected chi connectivity index (χ4v) is 4.08. The summed E-state index contributed by atoms with van der Waals surface area (Å²) in [4.78, 5) is 11.2. The van der Waals surface area contributed by atoms with Gasteiger partial charge in [0.15, 0.2) is 0 Å². The molecule has 3 atom stereocenters. The van der Waals surface area contributed by atoms with Gasteiger partial charge in [-0.1, -0.05) is 20.8 Å². The number of nitrogens with zero attached hydrogens (tertiary/aromatic N) is 1. The lowest BCUT2D eigenvalue weighted by Crippen LogP contribution is -2.50. The molecule has 118 valence electrons. The van der Waals surface area contributed by atoms with E-state index in [4.69, 9.17) is 0 Å². The first-order valence-electron chi connectivity index (χ1n) is 7.09. The first kappa shape index (κ1) is 17.4. The zero-order chi connectivity index (χ0) is 15.6. The van der Waals surface area contributed by atoms with Crippen LogP contribution >= 0.6 is 0 Å². The Morgan fingerprint density at radius 1 is 1.35 bits per heavy atom. The van der Waals surface area contributed by atoms with Gasteiger partial charge in [-0.05, 0) is 31.6 Å². The number of hydrogen-bond donors (Lipinski definition) is 2. The van der Waals surface area contributed by atoms with E-state index in [0.29, 0.717) is 31.3 Å². The van der Waals surface area contributed by atoms with Crippen LogP contribution in [0.15, 0.2) is 0 Å². The lowest BCUT2D eigenvalue weighted by atomic mass is 9.88. The number of carboxylic acids is 1. The maximum Gasteiger partial charge on any atom is 0.310 e. The first-order chi connectivity index (χ1) is 9.10. The first-order valence-corrected chi connectivity index (χ1v) is 8.53. The lowest BCUT2D eigenvalue weighted by molar-refractivity contribution is -0.147. The van der Waals surface area contributed by atoms with Crippen molar-refractivity contribution in [1.29, 1.82) is 0 Å². The summed E-state index contributed by atoms with van der Waals surface area (Å²) in [6.07, 6.45) is 1.39. The van der Waals surface area contributed by atoms with E-state index in [1.54, 1.807) is 13.8 Å². The van der Waals surface area contributed by atoms with Crippen molar-refractivity contribution in [2.45, 2.75) is 40.5 Å². The van der Waals surface area contributed by atoms with Crippen molar-refractivity contribution in [1.82, 2.24) is 9.03 Å². The van der Waals surface area contributed by atoms with Crippen LogP contribution in [0.25, 0.3) is 0 Å². The van der Waals surface area contributed by atoms with Crippen molar-refractivity contribution in [2.24, 2.45) is 17.3 Å². The number of carbonyl (C=O) groups is 1. The molecule has 1 saturated heterocycles. The van der Waals surface area contributed by atoms with Crippen LogP contribution in [0.1, 0.15) is 40.5 Å². The molecule has 1 heterocycles. The molecule has 2 N–H and O–H groups in total. The summed E-state index contributed by atoms with van der Waals surface area (Å²) < 4.78 is 28.5. The minimum atomic E-state index is -3.61. The molecule has 0 aromatic rings. The van der Waals surface area contributed by atoms with Crippen molar-refractivity contribution in [2.75, 3.05) is 19.6 Å². The van der Waals surface area contributed by atoms with Crippen LogP contribution in [0.5, 0.6) is 0 Å². The van der Waals surface area contributed by atoms with Gasteiger partial charge < -0.3 is 5.11 Å². The molecule has 0 aromatic carbocycles. The average molecular weight is 306 g/mol. The second kappa shape index (κ2) is 6.41. The van der Waals surface area contributed by atoms with Crippen LogP contribution < -0.4 is 4.72 Å². The summed E-state index contributed by atoms with van der Waals surface area (Å²) in [5, 5.41) is 9.18. The predicted molar refractivity (Wildman–Crippen MR) is 77.5 cm³/mol. The Bertz CT molecular complexity index is 441. The van der Waals surface area contributed by atoms with E-state index in [1.165, 1.54) is 4.31 Å². The molecule has 1 aliphatic rings. The largest absolute Gasteiger partial charge is 0.481 e. The van der Waals surface area contributed by atoms with Gasteiger partial charge in [0.25, 0.3) is 10.2 Å². The number of carboxylic acid groups (broad SMARTS) is 1. The predicted octanol–water partition coefficient (Wildman–Crippen LogP) is 1.30. The van der Waals surface area contributed by atoms with E-state index < -0.39 is 21.6 Å². The van der Waals surface area contributed by atoms with E-state index in [1.807, 2.05) is 13.8 Å². The highest BCUT2D eigenvalue weighted by molar-refractivity contribution is 7.87. The minimum absolute atomic E-state index is 0.0829. The number of hydrogen-bond acceptors (Lipinski definition) is 3. The quantitative estimate of drug-likeness (QED) is 0.774. The molecule has 20 heavy (non-hydrogen) atoms. The van der Waals surface area contributed by atoms with Gasteiger partial charge in [-0.15, -0.1) is 0 Å². The van der Waals surface area contributed by atoms with E-state index >= 15 is 0 Å². The lowest BCUT2D eigenvalue weighted by Gasteiger charge is -2.34. The third-order valence-electron chi connectivity index (χ3n) is 4.12. The van der Waals surface area contributed by atoms with Gasteiger partial charge in [-0.25, -0.2) is 4.72 Å². The Morgan fingerprint density at radius 2 is 1.85 bits per heavy atom. The molecule has 6 nitrogen and oxygen atoms in total. The van der Waals surface area contributed by atoms with Gasteiger partial charge >= 0.3 is 5.97 Å². The SMILES string of the molecule is CCC(C)(CNS(=O)(=O)N1CC(C)CC(C)C1)C(=O)O. The maximum absolute atomic E-state index is 12.3. The normalized spacial score (nSPS) is 28.0. The molecule has 1 fully saturated rings. The molecule has 0 bridgehead atoms. The molecular weight excluding hydrogens is 280 g/mol. The van der Waals surface area contributed by atoms with Gasteiger partial charge in [-0.2, -0.15) is 12.7 Å². The Labute approximate surface area is 121 Å². The van der Waals surface area contributed by atoms with Gasteiger partial charge in [0.05, 0.1) is 5.41 Å². The van der Waals surface area contributed by atoms with Gasteiger partial charge in [0, 0.05) is 19.6 Å². The van der Waals surface area contributed by atoms with Gasteiger partial charge in [-0.3, -0.25) is 4.79 Å². The highest BCUT2D eigenvalue weighted by Gasteiger charge is 2.35. The Kier molecular flexibility index (Phi) is 5.57. The molecule has 1 rings (SSSR count). The van der Waals surface area contributed by atoms with Crippen molar-refractivity contribution in [3.05, 3.63) is 0 Å². The highest BCUT2D eigenvalue weighted by atomic mass is 32.2. The van der Waals surface area contributed by atoms with Gasteiger partial charge in [0.2, 0.25) is 0 Å². The smallest absolute Gasteiger partial charge is 0.310 e. The van der Waals surface area contributed by atoms with Crippen LogP contribution in [-0.2, 0) is 15.0 Å². The van der Waals surface area contributed by atoms with Crippen LogP contribution in [0.4, 0.5) is 0 Å². The fourth-order valence-electron chi connectivity index (χ4n) is 2.50. The number of nitrogens with one attached hydrogen (secondary N) is 1. The zero-order valence-electron chi connectivity index (χ0n) is 12.7. The molecule has 0 saturated carbocycles. The van der Waals surface area contributed by atoms with Crippen molar-refractivity contribution in [3.8, 4) is 0 Å². The van der Waals surface area contributed by atoms with E-state index in [9.17, 15) is 18.3 Å². The van der Waals surface area contributed by atoms with Crippen LogP contribution in [0, 0.1) is 17.3 Å². The van der Waals surface area contributed by atoms with Crippen molar-refractivity contribution < 1.29 is 18.3 Å². The summed E-state index contributed by atoms with van der Waals surface area (Å²) in [6.45, 7) is 8.27. The molecular formula is C13H26N2O4S. The second-order valence-corrected chi connectivity index (χ2v) is 8.06. The Morgan fingerprint density at radius 3 is 2.25 bits per heavy atom. The summed E-state index contributed by atoms with van der Waals surface area (Å²) in [7, 11) is -3.61. The topological polar surface area (TPSA) is 86.7 Å². The second-order valence-electron chi connectivity index (χ2n) is 6.31. The fraction of sp³-hybridized carbons (Fsp3) is 0.923. The molecule has 0 aliphatic carbocycles. The zero-order valence-corrected chi connectivity index (χ0v) is 13.5. The Balaban J connectivity index is 2.73. The van der Waals surface area contributed by atoms with Crippen molar-refractivity contribution in [3.63, 3.8) is 0 Å². The van der Waals surface area contributed by atoms with E-state index in [2.05, 4.69) is 4.72 Å². The number of aliphatic carboxylic acids is 1. The highest BCUT2D eigenvalue weighted by Crippen LogP contribution is 2.24. The standard InChI is InChI=1S/C13H26N2O4S/c1-5-13(4,12(16)17)9-14-20(18,19)15-7-10(2)6-11(3)8-15/h10-11,14H,5-9H2,1-4H3,(H,16,17). The molecule has 0 aromatic heterocycles. The van der Waals surface area contributed by atoms with Crippen LogP contribution in [0.2, 0.25) is 0 Å². The number of piperidine rings is 1. The van der Waals surface area contributed by atoms with E-state index in [-0.39, 0.29) is 6.54 Å². The van der Waals surface area contributed by atoms with E-state index in [0.717, 1.165) is 6.42 Å². The molecule has 0 amide bonds. The Hall–Kier alpha value is -0.660. The summed E-state index contributed by atoms with van der Waals surface area (Å²) in [6, 6.07) is 0. The third-order valence-corrected chi connectivity index (χ3v) is 5.60. The minimum Gasteiger partial charge on any atom is -0.481 e. The molecule has 3 unspecified atom stereocenters. The molecule has 1 aliphatic heterocycles. The molecule has 7 heteroatoms. The molecule has 0 spiro atoms. The van der Waals surface area contributed by atoms with Crippen LogP contribution in [0.3, 0.4) is 0 Å². The van der Waals surface area contributed by atoms with Crippen LogP contribution in [-0.4, -0.2) is 43.4 Å². The van der Waals surface area contributed by atoms with Crippen molar-refractivity contribution >= 4 is 16.2 Å². The third kappa shape index (κ3) is 4.17.